The van der Waals surface area contributed by atoms with Gasteiger partial charge in [0.15, 0.2) is 0 Å². The van der Waals surface area contributed by atoms with Gasteiger partial charge in [-0.15, -0.1) is 11.3 Å². The van der Waals surface area contributed by atoms with Gasteiger partial charge in [-0.25, -0.2) is 0 Å². The van der Waals surface area contributed by atoms with Crippen molar-refractivity contribution < 1.29 is 4.74 Å². The van der Waals surface area contributed by atoms with Crippen LogP contribution >= 0.6 is 11.3 Å². The van der Waals surface area contributed by atoms with Crippen molar-refractivity contribution in [2.45, 2.75) is 38.9 Å². The number of hydrogen-bond acceptors (Lipinski definition) is 4. The fourth-order valence-corrected chi connectivity index (χ4v) is 3.21. The van der Waals surface area contributed by atoms with Crippen LogP contribution in [-0.4, -0.2) is 43.3 Å². The number of morpholine rings is 1. The molecule has 1 N–H and O–H groups in total. The molecule has 1 aliphatic rings. The highest BCUT2D eigenvalue weighted by Crippen LogP contribution is 2.14. The van der Waals surface area contributed by atoms with E-state index in [0.717, 1.165) is 32.8 Å². The van der Waals surface area contributed by atoms with Crippen molar-refractivity contribution in [1.82, 2.24) is 10.2 Å². The predicted molar refractivity (Wildman–Crippen MR) is 77.1 cm³/mol. The summed E-state index contributed by atoms with van der Waals surface area (Å²) < 4.78 is 5.56. The van der Waals surface area contributed by atoms with Crippen LogP contribution in [0.25, 0.3) is 0 Å². The van der Waals surface area contributed by atoms with Crippen molar-refractivity contribution in [2.24, 2.45) is 0 Å². The van der Waals surface area contributed by atoms with Gasteiger partial charge in [-0.05, 0) is 24.8 Å². The molecule has 0 aromatic carbocycles. The van der Waals surface area contributed by atoms with E-state index in [4.69, 9.17) is 4.74 Å². The molecule has 4 heteroatoms. The van der Waals surface area contributed by atoms with Gasteiger partial charge in [0.1, 0.15) is 0 Å². The van der Waals surface area contributed by atoms with Crippen molar-refractivity contribution in [1.29, 1.82) is 0 Å². The van der Waals surface area contributed by atoms with Crippen LogP contribution in [0.4, 0.5) is 0 Å². The first-order chi connectivity index (χ1) is 8.81. The van der Waals surface area contributed by atoms with E-state index in [1.54, 1.807) is 0 Å². The number of rotatable bonds is 6. The summed E-state index contributed by atoms with van der Waals surface area (Å²) in [5, 5.41) is 5.69. The molecule has 1 aromatic rings. The Labute approximate surface area is 114 Å². The van der Waals surface area contributed by atoms with E-state index in [9.17, 15) is 0 Å². The van der Waals surface area contributed by atoms with Crippen LogP contribution in [0.15, 0.2) is 17.5 Å². The minimum atomic E-state index is 0.582. The van der Waals surface area contributed by atoms with Crippen molar-refractivity contribution in [3.8, 4) is 0 Å². The van der Waals surface area contributed by atoms with Gasteiger partial charge in [0.05, 0.1) is 13.2 Å². The van der Waals surface area contributed by atoms with Gasteiger partial charge in [0.25, 0.3) is 0 Å². The number of thiophene rings is 1. The molecule has 2 heterocycles. The normalized spacial score (nSPS) is 23.1. The quantitative estimate of drug-likeness (QED) is 0.857. The molecular formula is C14H24N2OS. The van der Waals surface area contributed by atoms with Crippen molar-refractivity contribution in [3.63, 3.8) is 0 Å². The monoisotopic (exact) mass is 268 g/mol. The van der Waals surface area contributed by atoms with Gasteiger partial charge < -0.3 is 10.1 Å². The van der Waals surface area contributed by atoms with Crippen LogP contribution in [0.5, 0.6) is 0 Å². The summed E-state index contributed by atoms with van der Waals surface area (Å²) in [6, 6.07) is 5.47. The third-order valence-electron chi connectivity index (χ3n) is 3.63. The molecule has 1 fully saturated rings. The van der Waals surface area contributed by atoms with Crippen molar-refractivity contribution in [3.05, 3.63) is 22.4 Å². The van der Waals surface area contributed by atoms with Gasteiger partial charge in [0, 0.05) is 36.6 Å². The largest absolute Gasteiger partial charge is 0.378 e. The second-order valence-corrected chi connectivity index (χ2v) is 5.97. The molecule has 2 unspecified atom stereocenters. The Kier molecular flexibility index (Phi) is 5.63. The van der Waals surface area contributed by atoms with Gasteiger partial charge in [-0.3, -0.25) is 4.90 Å². The summed E-state index contributed by atoms with van der Waals surface area (Å²) in [5.74, 6) is 0. The van der Waals surface area contributed by atoms with Gasteiger partial charge >= 0.3 is 0 Å². The smallest absolute Gasteiger partial charge is 0.0622 e. The van der Waals surface area contributed by atoms with E-state index in [2.05, 4.69) is 41.6 Å². The van der Waals surface area contributed by atoms with E-state index in [-0.39, 0.29) is 0 Å². The van der Waals surface area contributed by atoms with Gasteiger partial charge in [-0.2, -0.15) is 0 Å². The van der Waals surface area contributed by atoms with E-state index in [1.165, 1.54) is 11.3 Å². The highest BCUT2D eigenvalue weighted by molar-refractivity contribution is 7.09. The topological polar surface area (TPSA) is 24.5 Å². The Morgan fingerprint density at radius 2 is 2.50 bits per heavy atom. The zero-order valence-corrected chi connectivity index (χ0v) is 12.2. The lowest BCUT2D eigenvalue weighted by molar-refractivity contribution is -0.0262. The second kappa shape index (κ2) is 7.24. The van der Waals surface area contributed by atoms with Gasteiger partial charge in [-0.1, -0.05) is 13.0 Å². The lowest BCUT2D eigenvalue weighted by atomic mass is 10.1. The van der Waals surface area contributed by atoms with Crippen LogP contribution in [0, 0.1) is 0 Å². The zero-order valence-electron chi connectivity index (χ0n) is 11.4. The predicted octanol–water partition coefficient (Wildman–Crippen LogP) is 2.34. The fourth-order valence-electron chi connectivity index (χ4n) is 2.53. The molecule has 0 bridgehead atoms. The average Bonchev–Trinajstić information content (AvgIpc) is 2.91. The van der Waals surface area contributed by atoms with E-state index in [1.807, 2.05) is 11.3 Å². The van der Waals surface area contributed by atoms with Crippen molar-refractivity contribution in [2.75, 3.05) is 26.3 Å². The lowest BCUT2D eigenvalue weighted by Gasteiger charge is -2.39. The third kappa shape index (κ3) is 3.79. The maximum Gasteiger partial charge on any atom is 0.0622 e. The minimum absolute atomic E-state index is 0.582. The second-order valence-electron chi connectivity index (χ2n) is 4.93. The molecule has 0 radical (unpaired) electrons. The highest BCUT2D eigenvalue weighted by Gasteiger charge is 2.25. The molecule has 0 amide bonds. The molecule has 1 saturated heterocycles. The summed E-state index contributed by atoms with van der Waals surface area (Å²) in [6.45, 7) is 9.45. The van der Waals surface area contributed by atoms with E-state index >= 15 is 0 Å². The summed E-state index contributed by atoms with van der Waals surface area (Å²) in [4.78, 5) is 4.00. The molecular weight excluding hydrogens is 244 g/mol. The Morgan fingerprint density at radius 3 is 3.22 bits per heavy atom. The lowest BCUT2D eigenvalue weighted by Crippen LogP contribution is -2.52. The number of ether oxygens (including phenoxy) is 1. The molecule has 102 valence electrons. The molecule has 2 atom stereocenters. The molecule has 0 spiro atoms. The molecule has 18 heavy (non-hydrogen) atoms. The average molecular weight is 268 g/mol. The van der Waals surface area contributed by atoms with Crippen LogP contribution in [0.2, 0.25) is 0 Å². The first-order valence-electron chi connectivity index (χ1n) is 6.88. The summed E-state index contributed by atoms with van der Waals surface area (Å²) in [5.41, 5.74) is 0. The first kappa shape index (κ1) is 14.0. The van der Waals surface area contributed by atoms with Crippen LogP contribution in [0.3, 0.4) is 0 Å². The Balaban J connectivity index is 1.74. The summed E-state index contributed by atoms with van der Waals surface area (Å²) >= 11 is 1.82. The molecule has 0 aliphatic carbocycles. The maximum absolute atomic E-state index is 5.56. The van der Waals surface area contributed by atoms with E-state index in [0.29, 0.717) is 12.1 Å². The standard InChI is InChI=1S/C14H24N2OS/c1-3-13-11-17-7-6-16(13)12(2)9-15-10-14-5-4-8-18-14/h4-5,8,12-13,15H,3,6-7,9-11H2,1-2H3. The van der Waals surface area contributed by atoms with Gasteiger partial charge in [0.2, 0.25) is 0 Å². The number of hydrogen-bond donors (Lipinski definition) is 1. The Bertz CT molecular complexity index is 329. The van der Waals surface area contributed by atoms with Crippen LogP contribution in [0.1, 0.15) is 25.1 Å². The van der Waals surface area contributed by atoms with Crippen LogP contribution in [-0.2, 0) is 11.3 Å². The Hall–Kier alpha value is -0.420. The molecule has 3 nitrogen and oxygen atoms in total. The minimum Gasteiger partial charge on any atom is -0.378 e. The van der Waals surface area contributed by atoms with Crippen LogP contribution < -0.4 is 5.32 Å². The van der Waals surface area contributed by atoms with E-state index < -0.39 is 0 Å². The summed E-state index contributed by atoms with van der Waals surface area (Å²) in [6.07, 6.45) is 1.18. The highest BCUT2D eigenvalue weighted by atomic mass is 32.1. The molecule has 1 aromatic heterocycles. The first-order valence-corrected chi connectivity index (χ1v) is 7.75. The molecule has 1 aliphatic heterocycles. The fraction of sp³-hybridized carbons (Fsp3) is 0.714. The Morgan fingerprint density at radius 1 is 1.61 bits per heavy atom. The zero-order chi connectivity index (χ0) is 12.8. The molecule has 0 saturated carbocycles. The van der Waals surface area contributed by atoms with Crippen molar-refractivity contribution >= 4 is 11.3 Å². The summed E-state index contributed by atoms with van der Waals surface area (Å²) in [7, 11) is 0. The number of nitrogens with one attached hydrogen (secondary N) is 1. The third-order valence-corrected chi connectivity index (χ3v) is 4.51. The maximum atomic E-state index is 5.56. The number of nitrogens with zero attached hydrogens (tertiary/aromatic N) is 1. The SMILES string of the molecule is CCC1COCCN1C(C)CNCc1cccs1. The molecule has 2 rings (SSSR count).